The number of aromatic nitrogens is 2. The first-order valence-electron chi connectivity index (χ1n) is 8.40. The summed E-state index contributed by atoms with van der Waals surface area (Å²) in [6, 6.07) is 9.71. The van der Waals surface area contributed by atoms with Gasteiger partial charge in [0.25, 0.3) is 0 Å². The topological polar surface area (TPSA) is 68.5 Å². The van der Waals surface area contributed by atoms with E-state index in [1.165, 1.54) is 0 Å². The Morgan fingerprint density at radius 2 is 2.17 bits per heavy atom. The Morgan fingerprint density at radius 3 is 2.88 bits per heavy atom. The highest BCUT2D eigenvalue weighted by atomic mass is 16.5. The molecule has 1 saturated heterocycles. The van der Waals surface area contributed by atoms with Crippen LogP contribution in [0.1, 0.15) is 55.9 Å². The second-order valence-electron chi connectivity index (χ2n) is 6.37. The van der Waals surface area contributed by atoms with Crippen LogP contribution in [0.5, 0.6) is 0 Å². The van der Waals surface area contributed by atoms with E-state index in [1.54, 1.807) is 4.90 Å². The Kier molecular flexibility index (Phi) is 5.25. The second kappa shape index (κ2) is 7.57. The van der Waals surface area contributed by atoms with E-state index >= 15 is 0 Å². The number of ether oxygens (including phenoxy) is 1. The molecule has 1 aliphatic heterocycles. The fourth-order valence-corrected chi connectivity index (χ4v) is 2.85. The summed E-state index contributed by atoms with van der Waals surface area (Å²) < 4.78 is 10.9. The zero-order valence-electron chi connectivity index (χ0n) is 14.1. The van der Waals surface area contributed by atoms with Gasteiger partial charge in [-0.25, -0.2) is 0 Å². The fourth-order valence-electron chi connectivity index (χ4n) is 2.85. The van der Waals surface area contributed by atoms with Gasteiger partial charge < -0.3 is 14.2 Å². The summed E-state index contributed by atoms with van der Waals surface area (Å²) in [5, 5.41) is 4.00. The highest BCUT2D eigenvalue weighted by Crippen LogP contribution is 2.31. The van der Waals surface area contributed by atoms with Crippen LogP contribution in [0.25, 0.3) is 0 Å². The lowest BCUT2D eigenvalue weighted by Crippen LogP contribution is -2.33. The number of carbonyl (C=O) groups excluding carboxylic acids is 1. The van der Waals surface area contributed by atoms with E-state index in [0.29, 0.717) is 24.9 Å². The summed E-state index contributed by atoms with van der Waals surface area (Å²) in [7, 11) is 0. The number of carbonyl (C=O) groups is 1. The van der Waals surface area contributed by atoms with Crippen LogP contribution in [0.15, 0.2) is 34.9 Å². The summed E-state index contributed by atoms with van der Waals surface area (Å²) in [5.41, 5.74) is 1.06. The molecule has 0 bridgehead atoms. The molecule has 0 aliphatic carbocycles. The Bertz CT molecular complexity index is 669. The number of hydrogen-bond acceptors (Lipinski definition) is 5. The fraction of sp³-hybridized carbons (Fsp3) is 0.500. The first-order valence-corrected chi connectivity index (χ1v) is 8.40. The molecule has 24 heavy (non-hydrogen) atoms. The molecule has 3 rings (SSSR count). The van der Waals surface area contributed by atoms with E-state index in [0.717, 1.165) is 18.4 Å². The molecule has 2 heterocycles. The summed E-state index contributed by atoms with van der Waals surface area (Å²) in [6.45, 7) is 5.24. The Balaban J connectivity index is 1.57. The summed E-state index contributed by atoms with van der Waals surface area (Å²) in [6.07, 6.45) is 1.79. The van der Waals surface area contributed by atoms with Gasteiger partial charge in [0.1, 0.15) is 12.6 Å². The van der Waals surface area contributed by atoms with Crippen molar-refractivity contribution in [3.8, 4) is 0 Å². The van der Waals surface area contributed by atoms with Crippen molar-refractivity contribution < 1.29 is 14.1 Å². The van der Waals surface area contributed by atoms with Crippen molar-refractivity contribution in [2.45, 2.75) is 45.3 Å². The third-order valence-corrected chi connectivity index (χ3v) is 4.17. The van der Waals surface area contributed by atoms with Gasteiger partial charge in [-0.05, 0) is 18.4 Å². The number of amides is 1. The van der Waals surface area contributed by atoms with E-state index in [2.05, 4.69) is 10.1 Å². The molecule has 0 N–H and O–H groups in total. The molecule has 0 saturated carbocycles. The highest BCUT2D eigenvalue weighted by molar-refractivity contribution is 5.78. The lowest BCUT2D eigenvalue weighted by Gasteiger charge is -2.21. The van der Waals surface area contributed by atoms with Crippen molar-refractivity contribution in [1.82, 2.24) is 15.0 Å². The molecule has 0 unspecified atom stereocenters. The molecule has 2 aromatic rings. The monoisotopic (exact) mass is 329 g/mol. The maximum atomic E-state index is 12.5. The Hall–Kier alpha value is -2.21. The van der Waals surface area contributed by atoms with Gasteiger partial charge in [0.05, 0.1) is 6.61 Å². The van der Waals surface area contributed by atoms with Gasteiger partial charge in [-0.2, -0.15) is 4.98 Å². The van der Waals surface area contributed by atoms with E-state index in [9.17, 15) is 4.79 Å². The molecular formula is C18H23N3O3. The third-order valence-electron chi connectivity index (χ3n) is 4.17. The molecule has 1 atom stereocenters. The predicted octanol–water partition coefficient (Wildman–Crippen LogP) is 3.07. The predicted molar refractivity (Wildman–Crippen MR) is 88.2 cm³/mol. The van der Waals surface area contributed by atoms with E-state index in [-0.39, 0.29) is 24.5 Å². The van der Waals surface area contributed by atoms with Crippen molar-refractivity contribution in [2.24, 2.45) is 0 Å². The standard InChI is InChI=1S/C18H23N3O3/c1-13(2)17-19-18(24-20-17)15-9-6-10-21(15)16(22)12-23-11-14-7-4-3-5-8-14/h3-5,7-8,13,15H,6,9-12H2,1-2H3/t15-/m1/s1. The number of hydrogen-bond donors (Lipinski definition) is 0. The average Bonchev–Trinajstić information content (AvgIpc) is 3.24. The van der Waals surface area contributed by atoms with Gasteiger partial charge in [0, 0.05) is 12.5 Å². The van der Waals surface area contributed by atoms with E-state index in [1.807, 2.05) is 44.2 Å². The summed E-state index contributed by atoms with van der Waals surface area (Å²) in [5.74, 6) is 1.40. The molecule has 0 radical (unpaired) electrons. The zero-order chi connectivity index (χ0) is 16.9. The molecule has 6 nitrogen and oxygen atoms in total. The third kappa shape index (κ3) is 3.82. The van der Waals surface area contributed by atoms with Gasteiger partial charge in [-0.1, -0.05) is 49.3 Å². The molecule has 1 aromatic heterocycles. The summed E-state index contributed by atoms with van der Waals surface area (Å²) >= 11 is 0. The highest BCUT2D eigenvalue weighted by Gasteiger charge is 2.34. The minimum absolute atomic E-state index is 0.0299. The molecule has 1 aliphatic rings. The van der Waals surface area contributed by atoms with Crippen molar-refractivity contribution in [3.63, 3.8) is 0 Å². The Morgan fingerprint density at radius 1 is 1.38 bits per heavy atom. The molecule has 6 heteroatoms. The van der Waals surface area contributed by atoms with Crippen LogP contribution in [0.2, 0.25) is 0 Å². The van der Waals surface area contributed by atoms with E-state index < -0.39 is 0 Å². The normalized spacial score (nSPS) is 17.6. The Labute approximate surface area is 141 Å². The van der Waals surface area contributed by atoms with Crippen molar-refractivity contribution >= 4 is 5.91 Å². The van der Waals surface area contributed by atoms with Crippen LogP contribution in [-0.2, 0) is 16.1 Å². The number of rotatable bonds is 6. The molecule has 0 spiro atoms. The first kappa shape index (κ1) is 16.6. The first-order chi connectivity index (χ1) is 11.6. The molecule has 1 fully saturated rings. The average molecular weight is 329 g/mol. The lowest BCUT2D eigenvalue weighted by molar-refractivity contribution is -0.138. The minimum atomic E-state index is -0.127. The second-order valence-corrected chi connectivity index (χ2v) is 6.37. The van der Waals surface area contributed by atoms with E-state index in [4.69, 9.17) is 9.26 Å². The van der Waals surface area contributed by atoms with Crippen LogP contribution in [0.4, 0.5) is 0 Å². The van der Waals surface area contributed by atoms with Gasteiger partial charge in [0.15, 0.2) is 5.82 Å². The quantitative estimate of drug-likeness (QED) is 0.814. The van der Waals surface area contributed by atoms with Crippen molar-refractivity contribution in [2.75, 3.05) is 13.2 Å². The lowest BCUT2D eigenvalue weighted by atomic mass is 10.2. The molecule has 128 valence electrons. The van der Waals surface area contributed by atoms with Crippen LogP contribution >= 0.6 is 0 Å². The van der Waals surface area contributed by atoms with Crippen LogP contribution in [-0.4, -0.2) is 34.1 Å². The molecular weight excluding hydrogens is 306 g/mol. The zero-order valence-corrected chi connectivity index (χ0v) is 14.1. The molecule has 1 aromatic carbocycles. The van der Waals surface area contributed by atoms with Gasteiger partial charge in [0.2, 0.25) is 11.8 Å². The smallest absolute Gasteiger partial charge is 0.249 e. The summed E-state index contributed by atoms with van der Waals surface area (Å²) in [4.78, 5) is 18.7. The van der Waals surface area contributed by atoms with Crippen LogP contribution < -0.4 is 0 Å². The maximum absolute atomic E-state index is 12.5. The van der Waals surface area contributed by atoms with Crippen LogP contribution in [0.3, 0.4) is 0 Å². The largest absolute Gasteiger partial charge is 0.367 e. The van der Waals surface area contributed by atoms with Crippen LogP contribution in [0, 0.1) is 0 Å². The number of nitrogens with zero attached hydrogens (tertiary/aromatic N) is 3. The SMILES string of the molecule is CC(C)c1noc([C@H]2CCCN2C(=O)COCc2ccccc2)n1. The van der Waals surface area contributed by atoms with Crippen molar-refractivity contribution in [3.05, 3.63) is 47.6 Å². The van der Waals surface area contributed by atoms with Crippen molar-refractivity contribution in [1.29, 1.82) is 0 Å². The number of likely N-dealkylation sites (tertiary alicyclic amines) is 1. The van der Waals surface area contributed by atoms with Gasteiger partial charge in [-0.15, -0.1) is 0 Å². The van der Waals surface area contributed by atoms with Gasteiger partial charge in [-0.3, -0.25) is 4.79 Å². The number of benzene rings is 1. The molecule has 1 amide bonds. The maximum Gasteiger partial charge on any atom is 0.249 e. The van der Waals surface area contributed by atoms with Gasteiger partial charge >= 0.3 is 0 Å². The minimum Gasteiger partial charge on any atom is -0.367 e.